The van der Waals surface area contributed by atoms with Gasteiger partial charge in [-0.1, -0.05) is 0 Å². The number of aliphatic hydroxyl groups excluding tert-OH is 1. The number of nitrogens with one attached hydrogen (secondary N) is 1. The quantitative estimate of drug-likeness (QED) is 0.473. The summed E-state index contributed by atoms with van der Waals surface area (Å²) in [5, 5.41) is 19.9. The summed E-state index contributed by atoms with van der Waals surface area (Å²) in [6.07, 6.45) is 0.492. The molecule has 0 fully saturated rings. The maximum Gasteiger partial charge on any atom is 0.304 e. The third kappa shape index (κ3) is 9.39. The zero-order valence-corrected chi connectivity index (χ0v) is 6.71. The van der Waals surface area contributed by atoms with Gasteiger partial charge in [0.2, 0.25) is 0 Å². The van der Waals surface area contributed by atoms with Crippen LogP contribution in [-0.4, -0.2) is 35.4 Å². The van der Waals surface area contributed by atoms with Crippen molar-refractivity contribution in [2.24, 2.45) is 0 Å². The molecular weight excluding hydrogens is 146 g/mol. The summed E-state index contributed by atoms with van der Waals surface area (Å²) in [6, 6.07) is 0. The molecule has 4 nitrogen and oxygen atoms in total. The van der Waals surface area contributed by atoms with E-state index in [2.05, 4.69) is 5.32 Å². The molecule has 11 heavy (non-hydrogen) atoms. The molecule has 0 unspecified atom stereocenters. The fraction of sp³-hybridized carbons (Fsp3) is 0.857. The van der Waals surface area contributed by atoms with Gasteiger partial charge in [-0.2, -0.15) is 0 Å². The van der Waals surface area contributed by atoms with Crippen molar-refractivity contribution in [3.8, 4) is 0 Å². The Bertz CT molecular complexity index is 114. The summed E-state index contributed by atoms with van der Waals surface area (Å²) in [7, 11) is 0. The first-order valence-electron chi connectivity index (χ1n) is 3.73. The highest BCUT2D eigenvalue weighted by Gasteiger charge is 1.96. The van der Waals surface area contributed by atoms with Gasteiger partial charge in [-0.25, -0.2) is 0 Å². The molecule has 0 bridgehead atoms. The summed E-state index contributed by atoms with van der Waals surface area (Å²) in [5.41, 5.74) is 0. The summed E-state index contributed by atoms with van der Waals surface area (Å²) >= 11 is 0. The van der Waals surface area contributed by atoms with E-state index in [4.69, 9.17) is 10.2 Å². The minimum atomic E-state index is -0.797. The van der Waals surface area contributed by atoms with E-state index in [9.17, 15) is 4.79 Å². The first kappa shape index (κ1) is 10.4. The summed E-state index contributed by atoms with van der Waals surface area (Å²) in [5.74, 6) is -0.797. The lowest BCUT2D eigenvalue weighted by molar-refractivity contribution is -0.136. The molecule has 0 heterocycles. The molecule has 0 aromatic heterocycles. The van der Waals surface area contributed by atoms with E-state index in [0.29, 0.717) is 19.5 Å². The van der Waals surface area contributed by atoms with Crippen LogP contribution in [0, 0.1) is 0 Å². The van der Waals surface area contributed by atoms with Gasteiger partial charge < -0.3 is 15.5 Å². The third-order valence-corrected chi connectivity index (χ3v) is 1.25. The lowest BCUT2D eigenvalue weighted by Crippen LogP contribution is -2.21. The van der Waals surface area contributed by atoms with Gasteiger partial charge in [-0.3, -0.25) is 4.79 Å². The van der Waals surface area contributed by atoms with Crippen molar-refractivity contribution in [2.75, 3.05) is 13.1 Å². The van der Waals surface area contributed by atoms with Crippen molar-refractivity contribution in [2.45, 2.75) is 25.9 Å². The number of carboxylic acids is 1. The molecule has 0 aliphatic heterocycles. The first-order chi connectivity index (χ1) is 5.13. The number of rotatable bonds is 6. The Morgan fingerprint density at radius 3 is 2.64 bits per heavy atom. The van der Waals surface area contributed by atoms with Gasteiger partial charge >= 0.3 is 5.97 Å². The molecule has 0 aliphatic carbocycles. The third-order valence-electron chi connectivity index (χ3n) is 1.25. The minimum Gasteiger partial charge on any atom is -0.481 e. The van der Waals surface area contributed by atoms with Crippen LogP contribution in [0.1, 0.15) is 19.8 Å². The van der Waals surface area contributed by atoms with Crippen LogP contribution >= 0.6 is 0 Å². The molecule has 66 valence electrons. The number of carbonyl (C=O) groups is 1. The number of carboxylic acid groups (broad SMARTS) is 1. The fourth-order valence-electron chi connectivity index (χ4n) is 0.631. The highest BCUT2D eigenvalue weighted by molar-refractivity contribution is 5.66. The largest absolute Gasteiger partial charge is 0.481 e. The maximum atomic E-state index is 10.0. The molecule has 0 rings (SSSR count). The molecule has 0 aromatic rings. The SMILES string of the molecule is C[C@@H](O)CCNCCC(=O)O. The number of hydrogen-bond donors (Lipinski definition) is 3. The normalized spacial score (nSPS) is 12.9. The summed E-state index contributed by atoms with van der Waals surface area (Å²) in [6.45, 7) is 2.85. The van der Waals surface area contributed by atoms with E-state index in [1.807, 2.05) is 0 Å². The van der Waals surface area contributed by atoms with Gasteiger partial charge in [0, 0.05) is 6.54 Å². The zero-order chi connectivity index (χ0) is 8.69. The zero-order valence-electron chi connectivity index (χ0n) is 6.71. The Kier molecular flexibility index (Phi) is 5.78. The second-order valence-corrected chi connectivity index (χ2v) is 2.53. The lowest BCUT2D eigenvalue weighted by Gasteiger charge is -2.04. The van der Waals surface area contributed by atoms with Crippen LogP contribution in [0.2, 0.25) is 0 Å². The number of aliphatic carboxylic acids is 1. The van der Waals surface area contributed by atoms with Crippen LogP contribution in [0.5, 0.6) is 0 Å². The van der Waals surface area contributed by atoms with Crippen molar-refractivity contribution in [3.63, 3.8) is 0 Å². The molecule has 0 amide bonds. The Labute approximate surface area is 66.2 Å². The topological polar surface area (TPSA) is 69.6 Å². The molecule has 0 saturated carbocycles. The standard InChI is InChI=1S/C7H15NO3/c1-6(9)2-4-8-5-3-7(10)11/h6,8-9H,2-5H2,1H3,(H,10,11)/t6-/m1/s1. The van der Waals surface area contributed by atoms with Gasteiger partial charge in [-0.05, 0) is 19.9 Å². The monoisotopic (exact) mass is 161 g/mol. The van der Waals surface area contributed by atoms with Gasteiger partial charge in [0.25, 0.3) is 0 Å². The Morgan fingerprint density at radius 1 is 1.55 bits per heavy atom. The van der Waals surface area contributed by atoms with Crippen LogP contribution in [0.4, 0.5) is 0 Å². The number of hydrogen-bond acceptors (Lipinski definition) is 3. The smallest absolute Gasteiger partial charge is 0.304 e. The van der Waals surface area contributed by atoms with Crippen LogP contribution in [0.25, 0.3) is 0 Å². The van der Waals surface area contributed by atoms with Gasteiger partial charge in [0.1, 0.15) is 0 Å². The predicted molar refractivity (Wildman–Crippen MR) is 41.4 cm³/mol. The van der Waals surface area contributed by atoms with Gasteiger partial charge in [0.05, 0.1) is 12.5 Å². The molecule has 0 radical (unpaired) electrons. The average Bonchev–Trinajstić information content (AvgIpc) is 1.85. The molecule has 0 spiro atoms. The molecule has 0 saturated heterocycles. The van der Waals surface area contributed by atoms with Crippen LogP contribution < -0.4 is 5.32 Å². The van der Waals surface area contributed by atoms with Gasteiger partial charge in [0.15, 0.2) is 0 Å². The van der Waals surface area contributed by atoms with Crippen molar-refractivity contribution >= 4 is 5.97 Å². The van der Waals surface area contributed by atoms with E-state index in [0.717, 1.165) is 0 Å². The molecule has 4 heteroatoms. The number of aliphatic hydroxyl groups is 1. The maximum absolute atomic E-state index is 10.0. The highest BCUT2D eigenvalue weighted by atomic mass is 16.4. The highest BCUT2D eigenvalue weighted by Crippen LogP contribution is 1.85. The molecule has 0 aliphatic rings. The Balaban J connectivity index is 2.97. The summed E-state index contributed by atoms with van der Waals surface area (Å²) < 4.78 is 0. The molecule has 3 N–H and O–H groups in total. The van der Waals surface area contributed by atoms with Gasteiger partial charge in [-0.15, -0.1) is 0 Å². The van der Waals surface area contributed by atoms with Crippen molar-refractivity contribution < 1.29 is 15.0 Å². The predicted octanol–water partition coefficient (Wildman–Crippen LogP) is -0.178. The Hall–Kier alpha value is -0.610. The lowest BCUT2D eigenvalue weighted by atomic mass is 10.3. The van der Waals surface area contributed by atoms with Crippen molar-refractivity contribution in [1.29, 1.82) is 0 Å². The van der Waals surface area contributed by atoms with Crippen LogP contribution in [-0.2, 0) is 4.79 Å². The second-order valence-electron chi connectivity index (χ2n) is 2.53. The molecule has 1 atom stereocenters. The van der Waals surface area contributed by atoms with E-state index < -0.39 is 5.97 Å². The average molecular weight is 161 g/mol. The Morgan fingerprint density at radius 2 is 2.18 bits per heavy atom. The van der Waals surface area contributed by atoms with Crippen molar-refractivity contribution in [1.82, 2.24) is 5.32 Å². The van der Waals surface area contributed by atoms with Crippen LogP contribution in [0.15, 0.2) is 0 Å². The fourth-order valence-corrected chi connectivity index (χ4v) is 0.631. The first-order valence-corrected chi connectivity index (χ1v) is 3.73. The van der Waals surface area contributed by atoms with E-state index in [-0.39, 0.29) is 12.5 Å². The van der Waals surface area contributed by atoms with E-state index in [1.165, 1.54) is 0 Å². The van der Waals surface area contributed by atoms with E-state index in [1.54, 1.807) is 6.92 Å². The van der Waals surface area contributed by atoms with Crippen molar-refractivity contribution in [3.05, 3.63) is 0 Å². The van der Waals surface area contributed by atoms with Crippen LogP contribution in [0.3, 0.4) is 0 Å². The molecule has 0 aromatic carbocycles. The summed E-state index contributed by atoms with van der Waals surface area (Å²) in [4.78, 5) is 10.0. The molecular formula is C7H15NO3. The van der Waals surface area contributed by atoms with E-state index >= 15 is 0 Å². The minimum absolute atomic E-state index is 0.139. The second kappa shape index (κ2) is 6.12.